The molecule has 1 amide bonds. The molecule has 0 spiro atoms. The molecule has 0 radical (unpaired) electrons. The highest BCUT2D eigenvalue weighted by Gasteiger charge is 2.31. The van der Waals surface area contributed by atoms with Crippen molar-refractivity contribution in [3.8, 4) is 0 Å². The van der Waals surface area contributed by atoms with Gasteiger partial charge in [-0.05, 0) is 12.1 Å². The quantitative estimate of drug-likeness (QED) is 0.786. The van der Waals surface area contributed by atoms with Crippen molar-refractivity contribution in [1.29, 1.82) is 0 Å². The highest BCUT2D eigenvalue weighted by Crippen LogP contribution is 2.25. The van der Waals surface area contributed by atoms with Crippen LogP contribution in [0.25, 0.3) is 11.0 Å². The fourth-order valence-electron chi connectivity index (χ4n) is 2.59. The molecule has 1 aliphatic heterocycles. The van der Waals surface area contributed by atoms with Crippen LogP contribution in [0.2, 0.25) is 0 Å². The van der Waals surface area contributed by atoms with E-state index in [4.69, 9.17) is 5.73 Å². The van der Waals surface area contributed by atoms with Gasteiger partial charge in [0, 0.05) is 44.0 Å². The van der Waals surface area contributed by atoms with Crippen LogP contribution in [0.4, 0.5) is 0 Å². The number of sulfonamides is 1. The summed E-state index contributed by atoms with van der Waals surface area (Å²) >= 11 is 0. The average Bonchev–Trinajstić information content (AvgIpc) is 2.99. The third kappa shape index (κ3) is 3.18. The largest absolute Gasteiger partial charge is 0.345 e. The molecule has 0 bridgehead atoms. The Labute approximate surface area is 140 Å². The molecule has 3 heterocycles. The van der Waals surface area contributed by atoms with Gasteiger partial charge >= 0.3 is 0 Å². The Balaban J connectivity index is 0.00000192. The third-order valence-electron chi connectivity index (χ3n) is 3.80. The molecule has 8 nitrogen and oxygen atoms in total. The van der Waals surface area contributed by atoms with Crippen LogP contribution in [0, 0.1) is 0 Å². The molecule has 0 saturated carbocycles. The molecule has 3 rings (SSSR count). The van der Waals surface area contributed by atoms with Gasteiger partial charge in [-0.25, -0.2) is 13.4 Å². The lowest BCUT2D eigenvalue weighted by molar-refractivity contribution is -0.130. The number of pyridine rings is 1. The maximum Gasteiger partial charge on any atom is 0.245 e. The molecule has 10 heteroatoms. The number of aromatic nitrogens is 2. The average molecular weight is 360 g/mol. The van der Waals surface area contributed by atoms with Gasteiger partial charge in [0.1, 0.15) is 10.5 Å². The number of carbonyl (C=O) groups excluding carboxylic acids is 1. The second-order valence-corrected chi connectivity index (χ2v) is 6.95. The Bertz CT molecular complexity index is 799. The van der Waals surface area contributed by atoms with Gasteiger partial charge in [-0.3, -0.25) is 4.79 Å². The number of rotatable bonds is 3. The molecule has 2 aromatic rings. The molecule has 1 aliphatic rings. The van der Waals surface area contributed by atoms with Gasteiger partial charge in [-0.15, -0.1) is 12.4 Å². The number of nitrogens with one attached hydrogen (secondary N) is 1. The zero-order valence-corrected chi connectivity index (χ0v) is 13.9. The minimum Gasteiger partial charge on any atom is -0.345 e. The Morgan fingerprint density at radius 3 is 2.65 bits per heavy atom. The predicted molar refractivity (Wildman–Crippen MR) is 87.7 cm³/mol. The van der Waals surface area contributed by atoms with Gasteiger partial charge in [0.05, 0.1) is 6.54 Å². The number of carbonyl (C=O) groups is 1. The van der Waals surface area contributed by atoms with Crippen LogP contribution in [0.15, 0.2) is 29.4 Å². The van der Waals surface area contributed by atoms with E-state index >= 15 is 0 Å². The first kappa shape index (κ1) is 17.7. The van der Waals surface area contributed by atoms with E-state index in [9.17, 15) is 13.2 Å². The first-order valence-electron chi connectivity index (χ1n) is 6.94. The van der Waals surface area contributed by atoms with Crippen molar-refractivity contribution in [3.05, 3.63) is 24.5 Å². The van der Waals surface area contributed by atoms with E-state index in [1.807, 2.05) is 0 Å². The van der Waals surface area contributed by atoms with Crippen LogP contribution in [-0.4, -0.2) is 66.2 Å². The number of fused-ring (bicyclic) bond motifs is 1. The lowest BCUT2D eigenvalue weighted by Gasteiger charge is -2.33. The topological polar surface area (TPSA) is 112 Å². The van der Waals surface area contributed by atoms with Crippen molar-refractivity contribution >= 4 is 39.4 Å². The minimum atomic E-state index is -3.61. The third-order valence-corrected chi connectivity index (χ3v) is 5.74. The molecular weight excluding hydrogens is 342 g/mol. The number of H-pyrrole nitrogens is 1. The molecule has 2 aromatic heterocycles. The molecule has 126 valence electrons. The van der Waals surface area contributed by atoms with Crippen LogP contribution in [0.1, 0.15) is 0 Å². The number of halogens is 1. The van der Waals surface area contributed by atoms with Crippen molar-refractivity contribution in [2.45, 2.75) is 4.90 Å². The zero-order chi connectivity index (χ0) is 15.7. The molecule has 0 aromatic carbocycles. The predicted octanol–water partition coefficient (Wildman–Crippen LogP) is -0.224. The summed E-state index contributed by atoms with van der Waals surface area (Å²) in [5.41, 5.74) is 5.87. The first-order chi connectivity index (χ1) is 10.5. The van der Waals surface area contributed by atoms with E-state index in [-0.39, 0.29) is 42.8 Å². The summed E-state index contributed by atoms with van der Waals surface area (Å²) in [5, 5.41) is 0.572. The molecule has 23 heavy (non-hydrogen) atoms. The lowest BCUT2D eigenvalue weighted by atomic mass is 10.3. The first-order valence-corrected chi connectivity index (χ1v) is 8.38. The van der Waals surface area contributed by atoms with Crippen molar-refractivity contribution in [2.24, 2.45) is 5.73 Å². The van der Waals surface area contributed by atoms with Crippen LogP contribution < -0.4 is 5.73 Å². The summed E-state index contributed by atoms with van der Waals surface area (Å²) in [5.74, 6) is -0.159. The summed E-state index contributed by atoms with van der Waals surface area (Å²) < 4.78 is 26.9. The number of hydrogen-bond acceptors (Lipinski definition) is 5. The monoisotopic (exact) mass is 359 g/mol. The summed E-state index contributed by atoms with van der Waals surface area (Å²) in [7, 11) is -3.61. The lowest BCUT2D eigenvalue weighted by Crippen LogP contribution is -2.51. The molecule has 0 aliphatic carbocycles. The Kier molecular flexibility index (Phi) is 5.25. The van der Waals surface area contributed by atoms with Gasteiger partial charge < -0.3 is 15.6 Å². The minimum absolute atomic E-state index is 0. The van der Waals surface area contributed by atoms with E-state index in [1.165, 1.54) is 10.5 Å². The highest BCUT2D eigenvalue weighted by atomic mass is 35.5. The van der Waals surface area contributed by atoms with E-state index in [2.05, 4.69) is 9.97 Å². The Morgan fingerprint density at radius 1 is 1.30 bits per heavy atom. The number of hydrogen-bond donors (Lipinski definition) is 2. The number of piperazine rings is 1. The van der Waals surface area contributed by atoms with E-state index in [0.29, 0.717) is 24.1 Å². The van der Waals surface area contributed by atoms with Gasteiger partial charge in [-0.1, -0.05) is 0 Å². The summed E-state index contributed by atoms with van der Waals surface area (Å²) in [6, 6.07) is 3.42. The van der Waals surface area contributed by atoms with E-state index in [0.717, 1.165) is 0 Å². The van der Waals surface area contributed by atoms with Crippen molar-refractivity contribution in [1.82, 2.24) is 19.2 Å². The van der Waals surface area contributed by atoms with Gasteiger partial charge in [0.25, 0.3) is 0 Å². The molecule has 1 fully saturated rings. The molecular formula is C13H18ClN5O3S. The Hall–Kier alpha value is -1.68. The zero-order valence-electron chi connectivity index (χ0n) is 12.3. The summed E-state index contributed by atoms with van der Waals surface area (Å²) in [6.07, 6.45) is 3.07. The SMILES string of the molecule is Cl.NCC(=O)N1CCN(S(=O)(=O)c2c[nH]c3ncccc23)CC1. The molecule has 0 atom stereocenters. The number of nitrogens with two attached hydrogens (primary N) is 1. The fraction of sp³-hybridized carbons (Fsp3) is 0.385. The summed E-state index contributed by atoms with van der Waals surface area (Å²) in [6.45, 7) is 1.19. The molecule has 1 saturated heterocycles. The normalized spacial score (nSPS) is 16.3. The highest BCUT2D eigenvalue weighted by molar-refractivity contribution is 7.89. The van der Waals surface area contributed by atoms with Gasteiger partial charge in [0.2, 0.25) is 15.9 Å². The fourth-order valence-corrected chi connectivity index (χ4v) is 4.16. The number of nitrogens with zero attached hydrogens (tertiary/aromatic N) is 3. The van der Waals surface area contributed by atoms with Crippen LogP contribution in [0.5, 0.6) is 0 Å². The van der Waals surface area contributed by atoms with Crippen LogP contribution in [0.3, 0.4) is 0 Å². The second-order valence-electron chi connectivity index (χ2n) is 5.04. The second kappa shape index (κ2) is 6.83. The number of aromatic amines is 1. The molecule has 0 unspecified atom stereocenters. The van der Waals surface area contributed by atoms with Gasteiger partial charge in [-0.2, -0.15) is 4.31 Å². The number of amides is 1. The van der Waals surface area contributed by atoms with Crippen molar-refractivity contribution in [3.63, 3.8) is 0 Å². The smallest absolute Gasteiger partial charge is 0.245 e. The van der Waals surface area contributed by atoms with Gasteiger partial charge in [0.15, 0.2) is 0 Å². The van der Waals surface area contributed by atoms with Crippen molar-refractivity contribution < 1.29 is 13.2 Å². The van der Waals surface area contributed by atoms with Crippen LogP contribution >= 0.6 is 12.4 Å². The summed E-state index contributed by atoms with van der Waals surface area (Å²) in [4.78, 5) is 20.3. The van der Waals surface area contributed by atoms with E-state index in [1.54, 1.807) is 23.2 Å². The maximum atomic E-state index is 12.8. The maximum absolute atomic E-state index is 12.8. The van der Waals surface area contributed by atoms with Crippen LogP contribution in [-0.2, 0) is 14.8 Å². The Morgan fingerprint density at radius 2 is 2.00 bits per heavy atom. The van der Waals surface area contributed by atoms with E-state index < -0.39 is 10.0 Å². The molecule has 3 N–H and O–H groups in total. The standard InChI is InChI=1S/C13H17N5O3S.ClH/c14-8-12(19)17-4-6-18(7-5-17)22(20,21)11-9-16-13-10(11)2-1-3-15-13;/h1-3,9H,4-8,14H2,(H,15,16);1H. The van der Waals surface area contributed by atoms with Crippen molar-refractivity contribution in [2.75, 3.05) is 32.7 Å².